The van der Waals surface area contributed by atoms with Gasteiger partial charge in [-0.3, -0.25) is 14.7 Å². The zero-order chi connectivity index (χ0) is 16.9. The van der Waals surface area contributed by atoms with Crippen LogP contribution in [0.2, 0.25) is 0 Å². The van der Waals surface area contributed by atoms with Crippen LogP contribution < -0.4 is 16.0 Å². The van der Waals surface area contributed by atoms with Gasteiger partial charge in [-0.25, -0.2) is 0 Å². The third-order valence-corrected chi connectivity index (χ3v) is 4.00. The van der Waals surface area contributed by atoms with E-state index >= 15 is 0 Å². The number of fused-ring (bicyclic) bond motifs is 1. The molecule has 2 amide bonds. The van der Waals surface area contributed by atoms with E-state index in [1.165, 1.54) is 0 Å². The molecule has 0 radical (unpaired) electrons. The number of H-pyrrole nitrogens is 1. The monoisotopic (exact) mass is 363 g/mol. The van der Waals surface area contributed by atoms with Crippen molar-refractivity contribution in [3.63, 3.8) is 0 Å². The predicted octanol–water partition coefficient (Wildman–Crippen LogP) is 1.16. The lowest BCUT2D eigenvalue weighted by Gasteiger charge is -2.13. The van der Waals surface area contributed by atoms with Crippen molar-refractivity contribution in [3.05, 3.63) is 52.3 Å². The molecule has 2 heterocycles. The molecular formula is C17H22ClN5O2. The van der Waals surface area contributed by atoms with Gasteiger partial charge in [-0.1, -0.05) is 12.1 Å². The van der Waals surface area contributed by atoms with E-state index in [0.717, 1.165) is 29.8 Å². The quantitative estimate of drug-likeness (QED) is 0.640. The number of halogens is 1. The summed E-state index contributed by atoms with van der Waals surface area (Å²) in [7, 11) is 0. The summed E-state index contributed by atoms with van der Waals surface area (Å²) < 4.78 is 0. The molecule has 1 aliphatic rings. The van der Waals surface area contributed by atoms with Crippen LogP contribution in [-0.2, 0) is 19.5 Å². The van der Waals surface area contributed by atoms with E-state index in [1.807, 2.05) is 19.1 Å². The molecule has 0 saturated carbocycles. The molecule has 134 valence electrons. The Morgan fingerprint density at radius 1 is 1.24 bits per heavy atom. The lowest BCUT2D eigenvalue weighted by Crippen LogP contribution is -2.28. The summed E-state index contributed by atoms with van der Waals surface area (Å²) in [4.78, 5) is 24.2. The van der Waals surface area contributed by atoms with Crippen molar-refractivity contribution < 1.29 is 9.59 Å². The van der Waals surface area contributed by atoms with Gasteiger partial charge in [-0.05, 0) is 24.6 Å². The van der Waals surface area contributed by atoms with Crippen molar-refractivity contribution in [2.75, 3.05) is 13.1 Å². The highest BCUT2D eigenvalue weighted by Gasteiger charge is 2.21. The van der Waals surface area contributed by atoms with Crippen molar-refractivity contribution in [1.82, 2.24) is 26.1 Å². The van der Waals surface area contributed by atoms with Crippen molar-refractivity contribution in [2.45, 2.75) is 26.4 Å². The van der Waals surface area contributed by atoms with Crippen LogP contribution in [0.25, 0.3) is 0 Å². The summed E-state index contributed by atoms with van der Waals surface area (Å²) in [6, 6.07) is 7.23. The molecule has 0 atom stereocenters. The number of benzene rings is 1. The van der Waals surface area contributed by atoms with Crippen LogP contribution in [0.15, 0.2) is 24.3 Å². The molecule has 1 aliphatic heterocycles. The van der Waals surface area contributed by atoms with Crippen LogP contribution >= 0.6 is 12.4 Å². The maximum absolute atomic E-state index is 12.4. The van der Waals surface area contributed by atoms with E-state index in [1.54, 1.807) is 12.1 Å². The molecule has 0 saturated heterocycles. The smallest absolute Gasteiger partial charge is 0.272 e. The predicted molar refractivity (Wildman–Crippen MR) is 96.9 cm³/mol. The molecule has 0 spiro atoms. The third kappa shape index (κ3) is 4.37. The Hall–Kier alpha value is -2.38. The fourth-order valence-electron chi connectivity index (χ4n) is 2.76. The molecule has 0 aliphatic carbocycles. The lowest BCUT2D eigenvalue weighted by molar-refractivity contribution is 0.0942. The Bertz CT molecular complexity index is 759. The highest BCUT2D eigenvalue weighted by atomic mass is 35.5. The van der Waals surface area contributed by atoms with Gasteiger partial charge in [0.2, 0.25) is 0 Å². The van der Waals surface area contributed by atoms with Crippen LogP contribution in [0.4, 0.5) is 0 Å². The minimum Gasteiger partial charge on any atom is -0.352 e. The summed E-state index contributed by atoms with van der Waals surface area (Å²) in [5, 5.41) is 16.0. The summed E-state index contributed by atoms with van der Waals surface area (Å²) in [5.74, 6) is -0.322. The van der Waals surface area contributed by atoms with Gasteiger partial charge in [0.15, 0.2) is 5.69 Å². The first-order chi connectivity index (χ1) is 11.7. The van der Waals surface area contributed by atoms with Gasteiger partial charge in [0.1, 0.15) is 0 Å². The molecular weight excluding hydrogens is 342 g/mol. The number of rotatable bonds is 5. The van der Waals surface area contributed by atoms with Crippen LogP contribution in [0.1, 0.15) is 44.6 Å². The van der Waals surface area contributed by atoms with Gasteiger partial charge in [-0.15, -0.1) is 12.4 Å². The fraction of sp³-hybridized carbons (Fsp3) is 0.353. The number of hydrogen-bond acceptors (Lipinski definition) is 4. The minimum absolute atomic E-state index is 0. The van der Waals surface area contributed by atoms with E-state index < -0.39 is 0 Å². The molecule has 4 N–H and O–H groups in total. The average Bonchev–Trinajstić information content (AvgIpc) is 3.04. The average molecular weight is 364 g/mol. The molecule has 1 aromatic heterocycles. The molecule has 0 fully saturated rings. The van der Waals surface area contributed by atoms with E-state index in [4.69, 9.17) is 0 Å². The number of amides is 2. The Morgan fingerprint density at radius 2 is 2.08 bits per heavy atom. The van der Waals surface area contributed by atoms with E-state index in [-0.39, 0.29) is 24.2 Å². The Morgan fingerprint density at radius 3 is 2.88 bits per heavy atom. The molecule has 2 aromatic rings. The number of aromatic nitrogens is 2. The molecule has 0 unspecified atom stereocenters. The minimum atomic E-state index is -0.209. The number of nitrogens with one attached hydrogen (secondary N) is 4. The molecule has 3 rings (SSSR count). The number of hydrogen-bond donors (Lipinski definition) is 4. The highest BCUT2D eigenvalue weighted by Crippen LogP contribution is 2.15. The maximum Gasteiger partial charge on any atom is 0.272 e. The van der Waals surface area contributed by atoms with Crippen LogP contribution in [0, 0.1) is 0 Å². The van der Waals surface area contributed by atoms with Crippen molar-refractivity contribution in [3.8, 4) is 0 Å². The number of nitrogens with zero attached hydrogens (tertiary/aromatic N) is 1. The number of aromatic amines is 1. The molecule has 0 bridgehead atoms. The zero-order valence-corrected chi connectivity index (χ0v) is 14.8. The lowest BCUT2D eigenvalue weighted by atomic mass is 10.1. The first-order valence-electron chi connectivity index (χ1n) is 8.11. The first kappa shape index (κ1) is 19.0. The van der Waals surface area contributed by atoms with Gasteiger partial charge in [-0.2, -0.15) is 5.10 Å². The Balaban J connectivity index is 0.00000225. The molecule has 7 nitrogen and oxygen atoms in total. The van der Waals surface area contributed by atoms with E-state index in [0.29, 0.717) is 30.9 Å². The summed E-state index contributed by atoms with van der Waals surface area (Å²) >= 11 is 0. The van der Waals surface area contributed by atoms with Crippen LogP contribution in [0.3, 0.4) is 0 Å². The van der Waals surface area contributed by atoms with Gasteiger partial charge in [0.05, 0.1) is 0 Å². The second-order valence-corrected chi connectivity index (χ2v) is 5.70. The third-order valence-electron chi connectivity index (χ3n) is 4.00. The van der Waals surface area contributed by atoms with Gasteiger partial charge >= 0.3 is 0 Å². The second-order valence-electron chi connectivity index (χ2n) is 5.70. The highest BCUT2D eigenvalue weighted by molar-refractivity contribution is 5.95. The van der Waals surface area contributed by atoms with Crippen LogP contribution in [0.5, 0.6) is 0 Å². The Kier molecular flexibility index (Phi) is 6.55. The fourth-order valence-corrected chi connectivity index (χ4v) is 2.76. The molecule has 1 aromatic carbocycles. The van der Waals surface area contributed by atoms with Crippen molar-refractivity contribution in [1.29, 1.82) is 0 Å². The van der Waals surface area contributed by atoms with Crippen molar-refractivity contribution >= 4 is 24.2 Å². The van der Waals surface area contributed by atoms with Gasteiger partial charge in [0, 0.05) is 49.4 Å². The molecule has 25 heavy (non-hydrogen) atoms. The largest absolute Gasteiger partial charge is 0.352 e. The molecule has 8 heteroatoms. The number of carbonyl (C=O) groups is 2. The van der Waals surface area contributed by atoms with E-state index in [2.05, 4.69) is 26.1 Å². The summed E-state index contributed by atoms with van der Waals surface area (Å²) in [6.07, 6.45) is 0.851. The SMILES string of the molecule is CCNC(=O)c1cccc(CNC(=O)c2n[nH]c3c2CNCC3)c1.Cl. The zero-order valence-electron chi connectivity index (χ0n) is 14.0. The number of carbonyl (C=O) groups excluding carboxylic acids is 2. The van der Waals surface area contributed by atoms with E-state index in [9.17, 15) is 9.59 Å². The summed E-state index contributed by atoms with van der Waals surface area (Å²) in [5.41, 5.74) is 3.86. The van der Waals surface area contributed by atoms with Crippen molar-refractivity contribution in [2.24, 2.45) is 0 Å². The maximum atomic E-state index is 12.4. The van der Waals surface area contributed by atoms with Gasteiger partial charge < -0.3 is 16.0 Å². The second kappa shape index (κ2) is 8.64. The van der Waals surface area contributed by atoms with Crippen LogP contribution in [-0.4, -0.2) is 35.1 Å². The van der Waals surface area contributed by atoms with Gasteiger partial charge in [0.25, 0.3) is 11.8 Å². The normalized spacial score (nSPS) is 12.7. The topological polar surface area (TPSA) is 98.9 Å². The summed E-state index contributed by atoms with van der Waals surface area (Å²) in [6.45, 7) is 4.35. The standard InChI is InChI=1S/C17H21N5O2.ClH/c1-2-19-16(23)12-5-3-4-11(8-12)9-20-17(24)15-13-10-18-7-6-14(13)21-22-15;/h3-5,8,18H,2,6-7,9-10H2,1H3,(H,19,23)(H,20,24)(H,21,22);1H. The first-order valence-corrected chi connectivity index (χ1v) is 8.11. The Labute approximate surface area is 152 Å².